The molecule has 2 aromatic rings. The zero-order chi connectivity index (χ0) is 15.8. The minimum absolute atomic E-state index is 0.220. The van der Waals surface area contributed by atoms with E-state index in [0.29, 0.717) is 27.0 Å². The second-order valence-electron chi connectivity index (χ2n) is 4.66. The van der Waals surface area contributed by atoms with Gasteiger partial charge < -0.3 is 5.73 Å². The molecule has 4 nitrogen and oxygen atoms in total. The van der Waals surface area contributed by atoms with Gasteiger partial charge >= 0.3 is 0 Å². The smallest absolute Gasteiger partial charge is 0.262 e. The number of hydrogen-bond donors (Lipinski definition) is 2. The summed E-state index contributed by atoms with van der Waals surface area (Å²) in [6.45, 7) is 3.45. The Kier molecular flexibility index (Phi) is 4.65. The first kappa shape index (κ1) is 16.3. The van der Waals surface area contributed by atoms with Gasteiger partial charge in [0.15, 0.2) is 0 Å². The van der Waals surface area contributed by atoms with E-state index in [-0.39, 0.29) is 4.90 Å². The average molecular weight is 434 g/mol. The number of nitrogen functional groups attached to an aromatic ring is 1. The van der Waals surface area contributed by atoms with Crippen molar-refractivity contribution >= 4 is 53.3 Å². The summed E-state index contributed by atoms with van der Waals surface area (Å²) in [4.78, 5) is 0.220. The van der Waals surface area contributed by atoms with Gasteiger partial charge in [-0.15, -0.1) is 0 Å². The predicted octanol–water partition coefficient (Wildman–Crippen LogP) is 4.21. The largest absolute Gasteiger partial charge is 0.398 e. The van der Waals surface area contributed by atoms with Crippen LogP contribution in [0.15, 0.2) is 44.2 Å². The van der Waals surface area contributed by atoms with E-state index < -0.39 is 10.0 Å². The molecule has 0 bridgehead atoms. The van der Waals surface area contributed by atoms with Crippen LogP contribution in [0.3, 0.4) is 0 Å². The van der Waals surface area contributed by atoms with Crippen LogP contribution < -0.4 is 10.5 Å². The first-order chi connectivity index (χ1) is 9.72. The second-order valence-corrected chi connectivity index (χ2v) is 8.04. The number of hydrogen-bond acceptors (Lipinski definition) is 3. The highest BCUT2D eigenvalue weighted by molar-refractivity contribution is 9.11. The Hall–Kier alpha value is -1.05. The van der Waals surface area contributed by atoms with Crippen LogP contribution in [0.25, 0.3) is 0 Å². The Morgan fingerprint density at radius 2 is 1.76 bits per heavy atom. The highest BCUT2D eigenvalue weighted by Crippen LogP contribution is 2.31. The topological polar surface area (TPSA) is 72.2 Å². The fourth-order valence-electron chi connectivity index (χ4n) is 2.02. The molecule has 0 radical (unpaired) electrons. The number of nitrogens with one attached hydrogen (secondary N) is 1. The number of sulfonamides is 1. The van der Waals surface area contributed by atoms with Crippen LogP contribution in [0, 0.1) is 13.8 Å². The molecule has 2 aromatic carbocycles. The van der Waals surface area contributed by atoms with Crippen molar-refractivity contribution in [1.82, 2.24) is 0 Å². The lowest BCUT2D eigenvalue weighted by Gasteiger charge is -2.15. The summed E-state index contributed by atoms with van der Waals surface area (Å²) < 4.78 is 29.4. The molecule has 0 aliphatic rings. The van der Waals surface area contributed by atoms with Crippen molar-refractivity contribution in [1.29, 1.82) is 0 Å². The third-order valence-corrected chi connectivity index (χ3v) is 5.89. The van der Waals surface area contributed by atoms with Gasteiger partial charge in [-0.3, -0.25) is 4.72 Å². The SMILES string of the molecule is Cc1ccc(N)c(C)c1S(=O)(=O)Nc1ccc(Br)cc1Br. The summed E-state index contributed by atoms with van der Waals surface area (Å²) >= 11 is 6.67. The standard InChI is InChI=1S/C14H14Br2N2O2S/c1-8-3-5-12(17)9(2)14(8)21(19,20)18-13-6-4-10(15)7-11(13)16/h3-7,18H,17H2,1-2H3. The lowest BCUT2D eigenvalue weighted by Crippen LogP contribution is -2.16. The van der Waals surface area contributed by atoms with E-state index in [9.17, 15) is 8.42 Å². The molecule has 0 spiro atoms. The van der Waals surface area contributed by atoms with Crippen LogP contribution in [-0.4, -0.2) is 8.42 Å². The van der Waals surface area contributed by atoms with E-state index in [0.717, 1.165) is 4.47 Å². The predicted molar refractivity (Wildman–Crippen MR) is 93.0 cm³/mol. The molecule has 7 heteroatoms. The van der Waals surface area contributed by atoms with Gasteiger partial charge in [0, 0.05) is 14.6 Å². The van der Waals surface area contributed by atoms with Crippen molar-refractivity contribution in [2.75, 3.05) is 10.5 Å². The first-order valence-electron chi connectivity index (χ1n) is 6.06. The zero-order valence-corrected chi connectivity index (χ0v) is 15.4. The van der Waals surface area contributed by atoms with E-state index in [1.54, 1.807) is 44.2 Å². The zero-order valence-electron chi connectivity index (χ0n) is 11.4. The van der Waals surface area contributed by atoms with Crippen LogP contribution in [0.5, 0.6) is 0 Å². The maximum atomic E-state index is 12.6. The summed E-state index contributed by atoms with van der Waals surface area (Å²) in [6, 6.07) is 8.63. The lowest BCUT2D eigenvalue weighted by molar-refractivity contribution is 0.600. The van der Waals surface area contributed by atoms with Gasteiger partial charge in [0.25, 0.3) is 10.0 Å². The summed E-state index contributed by atoms with van der Waals surface area (Å²) in [5.41, 5.74) is 7.95. The Labute approximate surface area is 141 Å². The van der Waals surface area contributed by atoms with E-state index >= 15 is 0 Å². The maximum absolute atomic E-state index is 12.6. The van der Waals surface area contributed by atoms with Crippen molar-refractivity contribution in [3.05, 3.63) is 50.4 Å². The number of aryl methyl sites for hydroxylation is 1. The highest BCUT2D eigenvalue weighted by atomic mass is 79.9. The van der Waals surface area contributed by atoms with E-state index in [2.05, 4.69) is 36.6 Å². The Bertz CT molecular complexity index is 805. The van der Waals surface area contributed by atoms with Gasteiger partial charge in [0.05, 0.1) is 10.6 Å². The Balaban J connectivity index is 2.51. The van der Waals surface area contributed by atoms with E-state index in [1.807, 2.05) is 0 Å². The number of nitrogens with two attached hydrogens (primary N) is 1. The fraction of sp³-hybridized carbons (Fsp3) is 0.143. The minimum atomic E-state index is -3.71. The van der Waals surface area contributed by atoms with Gasteiger partial charge in [-0.25, -0.2) is 8.42 Å². The number of benzene rings is 2. The molecule has 0 amide bonds. The van der Waals surface area contributed by atoms with Crippen molar-refractivity contribution in [2.24, 2.45) is 0 Å². The molecule has 0 aromatic heterocycles. The first-order valence-corrected chi connectivity index (χ1v) is 9.13. The molecule has 3 N–H and O–H groups in total. The van der Waals surface area contributed by atoms with Crippen molar-refractivity contribution < 1.29 is 8.42 Å². The monoisotopic (exact) mass is 432 g/mol. The van der Waals surface area contributed by atoms with Crippen LogP contribution >= 0.6 is 31.9 Å². The van der Waals surface area contributed by atoms with Crippen molar-refractivity contribution in [3.8, 4) is 0 Å². The average Bonchev–Trinajstić information content (AvgIpc) is 2.37. The second kappa shape index (κ2) is 5.98. The molecule has 2 rings (SSSR count). The molecule has 0 aliphatic heterocycles. The third kappa shape index (κ3) is 3.41. The van der Waals surface area contributed by atoms with Gasteiger partial charge in [0.2, 0.25) is 0 Å². The highest BCUT2D eigenvalue weighted by Gasteiger charge is 2.21. The van der Waals surface area contributed by atoms with E-state index in [1.165, 1.54) is 0 Å². The number of anilines is 2. The summed E-state index contributed by atoms with van der Waals surface area (Å²) in [5, 5.41) is 0. The van der Waals surface area contributed by atoms with Crippen molar-refractivity contribution in [2.45, 2.75) is 18.7 Å². The molecule has 0 unspecified atom stereocenters. The van der Waals surface area contributed by atoms with Gasteiger partial charge in [-0.1, -0.05) is 22.0 Å². The van der Waals surface area contributed by atoms with Crippen LogP contribution in [0.2, 0.25) is 0 Å². The molecular weight excluding hydrogens is 420 g/mol. The van der Waals surface area contributed by atoms with Gasteiger partial charge in [0.1, 0.15) is 0 Å². The molecule has 21 heavy (non-hydrogen) atoms. The summed E-state index contributed by atoms with van der Waals surface area (Å²) in [5.74, 6) is 0. The van der Waals surface area contributed by atoms with Crippen LogP contribution in [0.1, 0.15) is 11.1 Å². The van der Waals surface area contributed by atoms with E-state index in [4.69, 9.17) is 5.73 Å². The molecule has 112 valence electrons. The van der Waals surface area contributed by atoms with Crippen molar-refractivity contribution in [3.63, 3.8) is 0 Å². The minimum Gasteiger partial charge on any atom is -0.398 e. The molecular formula is C14H14Br2N2O2S. The molecule has 0 saturated carbocycles. The Morgan fingerprint density at radius 3 is 2.38 bits per heavy atom. The molecule has 0 fully saturated rings. The molecule has 0 saturated heterocycles. The lowest BCUT2D eigenvalue weighted by atomic mass is 10.1. The normalized spacial score (nSPS) is 11.4. The summed E-state index contributed by atoms with van der Waals surface area (Å²) in [6.07, 6.45) is 0. The third-order valence-electron chi connectivity index (χ3n) is 3.09. The molecule has 0 heterocycles. The number of halogens is 2. The molecule has 0 atom stereocenters. The number of rotatable bonds is 3. The molecule has 0 aliphatic carbocycles. The van der Waals surface area contributed by atoms with Crippen LogP contribution in [0.4, 0.5) is 11.4 Å². The van der Waals surface area contributed by atoms with Crippen LogP contribution in [-0.2, 0) is 10.0 Å². The van der Waals surface area contributed by atoms with Gasteiger partial charge in [-0.05, 0) is 65.2 Å². The fourth-order valence-corrected chi connectivity index (χ4v) is 4.88. The Morgan fingerprint density at radius 1 is 1.10 bits per heavy atom. The quantitative estimate of drug-likeness (QED) is 0.712. The van der Waals surface area contributed by atoms with Gasteiger partial charge in [-0.2, -0.15) is 0 Å². The maximum Gasteiger partial charge on any atom is 0.262 e. The summed E-state index contributed by atoms with van der Waals surface area (Å²) in [7, 11) is -3.71.